The third-order valence-corrected chi connectivity index (χ3v) is 4.32. The van der Waals surface area contributed by atoms with Gasteiger partial charge in [0.25, 0.3) is 5.91 Å². The summed E-state index contributed by atoms with van der Waals surface area (Å²) in [4.78, 5) is 12.1. The van der Waals surface area contributed by atoms with E-state index in [2.05, 4.69) is 20.7 Å². The normalized spacial score (nSPS) is 11.0. The molecule has 3 aromatic rings. The first-order chi connectivity index (χ1) is 12.1. The van der Waals surface area contributed by atoms with E-state index in [1.807, 2.05) is 18.2 Å². The van der Waals surface area contributed by atoms with Crippen molar-refractivity contribution in [2.75, 3.05) is 0 Å². The molecule has 25 heavy (non-hydrogen) atoms. The van der Waals surface area contributed by atoms with E-state index in [9.17, 15) is 4.79 Å². The lowest BCUT2D eigenvalue weighted by atomic mass is 10.1. The average molecular weight is 394 g/mol. The van der Waals surface area contributed by atoms with Gasteiger partial charge in [-0.15, -0.1) is 0 Å². The molecule has 3 rings (SSSR count). The van der Waals surface area contributed by atoms with Crippen LogP contribution in [0, 0.1) is 0 Å². The molecule has 1 aromatic heterocycles. The minimum absolute atomic E-state index is 0.248. The molecule has 0 saturated carbocycles. The highest BCUT2D eigenvalue weighted by molar-refractivity contribution is 6.38. The maximum atomic E-state index is 12.1. The third kappa shape index (κ3) is 4.02. The smallest absolute Gasteiger partial charge is 0.272 e. The molecule has 0 radical (unpaired) electrons. The lowest BCUT2D eigenvalue weighted by Crippen LogP contribution is -2.18. The monoisotopic (exact) mass is 392 g/mol. The molecule has 2 aromatic carbocycles. The molecule has 8 heteroatoms. The van der Waals surface area contributed by atoms with Crippen LogP contribution >= 0.6 is 34.8 Å². The number of amides is 1. The molecule has 0 spiro atoms. The molecule has 0 bridgehead atoms. The van der Waals surface area contributed by atoms with Crippen molar-refractivity contribution in [1.29, 1.82) is 0 Å². The second kappa shape index (κ2) is 7.70. The van der Waals surface area contributed by atoms with Crippen molar-refractivity contribution in [3.8, 4) is 11.3 Å². The summed E-state index contributed by atoms with van der Waals surface area (Å²) in [5.74, 6) is -0.453. The molecular formula is C17H11Cl3N4O. The Morgan fingerprint density at radius 3 is 2.44 bits per heavy atom. The largest absolute Gasteiger partial charge is 0.289 e. The van der Waals surface area contributed by atoms with Crippen LogP contribution in [0.3, 0.4) is 0 Å². The van der Waals surface area contributed by atoms with Crippen LogP contribution in [-0.2, 0) is 0 Å². The number of hydrogen-bond acceptors (Lipinski definition) is 3. The summed E-state index contributed by atoms with van der Waals surface area (Å²) in [5, 5.41) is 12.1. The fourth-order valence-electron chi connectivity index (χ4n) is 2.09. The Hall–Kier alpha value is -2.34. The zero-order chi connectivity index (χ0) is 17.8. The van der Waals surface area contributed by atoms with Crippen LogP contribution in [0.2, 0.25) is 15.1 Å². The summed E-state index contributed by atoms with van der Waals surface area (Å²) in [6.07, 6.45) is 1.38. The summed E-state index contributed by atoms with van der Waals surface area (Å²) < 4.78 is 0. The molecule has 5 nitrogen and oxygen atoms in total. The summed E-state index contributed by atoms with van der Waals surface area (Å²) >= 11 is 18.2. The molecule has 126 valence electrons. The lowest BCUT2D eigenvalue weighted by molar-refractivity contribution is 0.0950. The van der Waals surface area contributed by atoms with Crippen LogP contribution in [0.1, 0.15) is 16.1 Å². The van der Waals surface area contributed by atoms with Crippen LogP contribution in [0.4, 0.5) is 0 Å². The van der Waals surface area contributed by atoms with Crippen molar-refractivity contribution in [2.24, 2.45) is 5.10 Å². The Kier molecular flexibility index (Phi) is 5.38. The van der Waals surface area contributed by atoms with Crippen LogP contribution < -0.4 is 5.43 Å². The van der Waals surface area contributed by atoms with Crippen molar-refractivity contribution >= 4 is 46.9 Å². The van der Waals surface area contributed by atoms with Gasteiger partial charge in [0.05, 0.1) is 27.0 Å². The highest BCUT2D eigenvalue weighted by atomic mass is 35.5. The second-order valence-electron chi connectivity index (χ2n) is 4.98. The van der Waals surface area contributed by atoms with Gasteiger partial charge in [0.15, 0.2) is 0 Å². The summed E-state index contributed by atoms with van der Waals surface area (Å²) in [6, 6.07) is 13.9. The van der Waals surface area contributed by atoms with Gasteiger partial charge in [0.2, 0.25) is 0 Å². The number of H-pyrrole nitrogens is 1. The fourth-order valence-corrected chi connectivity index (χ4v) is 2.82. The highest BCUT2D eigenvalue weighted by Crippen LogP contribution is 2.26. The Morgan fingerprint density at radius 1 is 1.04 bits per heavy atom. The second-order valence-corrected chi connectivity index (χ2v) is 6.20. The van der Waals surface area contributed by atoms with Crippen molar-refractivity contribution < 1.29 is 4.79 Å². The molecule has 0 aliphatic heterocycles. The Labute approximate surface area is 158 Å². The van der Waals surface area contributed by atoms with Gasteiger partial charge in [-0.05, 0) is 24.3 Å². The molecular weight excluding hydrogens is 383 g/mol. The number of nitrogens with one attached hydrogen (secondary N) is 2. The number of nitrogens with zero attached hydrogens (tertiary/aromatic N) is 2. The minimum Gasteiger partial charge on any atom is -0.272 e. The molecule has 1 amide bonds. The number of aromatic nitrogens is 2. The first-order valence-electron chi connectivity index (χ1n) is 7.14. The summed E-state index contributed by atoms with van der Waals surface area (Å²) in [5.41, 5.74) is 4.45. The molecule has 0 saturated heterocycles. The maximum absolute atomic E-state index is 12.1. The third-order valence-electron chi connectivity index (χ3n) is 3.33. The Morgan fingerprint density at radius 2 is 1.72 bits per heavy atom. The van der Waals surface area contributed by atoms with E-state index in [1.165, 1.54) is 6.21 Å². The molecule has 2 N–H and O–H groups in total. The molecule has 0 aliphatic carbocycles. The van der Waals surface area contributed by atoms with Crippen LogP contribution in [0.15, 0.2) is 53.6 Å². The number of rotatable bonds is 4. The number of carbonyl (C=O) groups is 1. The number of carbonyl (C=O) groups excluding carboxylic acids is 1. The fraction of sp³-hybridized carbons (Fsp3) is 0. The van der Waals surface area contributed by atoms with E-state index < -0.39 is 5.91 Å². The number of benzene rings is 2. The standard InChI is InChI=1S/C17H11Cl3N4O/c18-12-5-2-1-4-10(12)15-8-16(23-22-15)17(25)24-21-9-11-13(19)6-3-7-14(11)20/h1-9H,(H,22,23)(H,24,25)/b21-9-. The van der Waals surface area contributed by atoms with Gasteiger partial charge in [0, 0.05) is 11.1 Å². The molecule has 0 atom stereocenters. The average Bonchev–Trinajstić information content (AvgIpc) is 3.08. The first-order valence-corrected chi connectivity index (χ1v) is 8.27. The van der Waals surface area contributed by atoms with E-state index in [0.29, 0.717) is 26.3 Å². The molecule has 0 aliphatic rings. The van der Waals surface area contributed by atoms with E-state index in [4.69, 9.17) is 34.8 Å². The van der Waals surface area contributed by atoms with Crippen LogP contribution in [-0.4, -0.2) is 22.3 Å². The lowest BCUT2D eigenvalue weighted by Gasteiger charge is -2.00. The van der Waals surface area contributed by atoms with Gasteiger partial charge in [0.1, 0.15) is 5.69 Å². The van der Waals surface area contributed by atoms with E-state index in [0.717, 1.165) is 5.56 Å². The van der Waals surface area contributed by atoms with Gasteiger partial charge in [-0.2, -0.15) is 10.2 Å². The van der Waals surface area contributed by atoms with Gasteiger partial charge < -0.3 is 0 Å². The van der Waals surface area contributed by atoms with Gasteiger partial charge in [-0.25, -0.2) is 5.43 Å². The predicted molar refractivity (Wildman–Crippen MR) is 101 cm³/mol. The number of aromatic amines is 1. The number of hydrazone groups is 1. The number of halogens is 3. The maximum Gasteiger partial charge on any atom is 0.289 e. The molecule has 1 heterocycles. The Balaban J connectivity index is 1.73. The quantitative estimate of drug-likeness (QED) is 0.494. The van der Waals surface area contributed by atoms with Gasteiger partial charge in [-0.3, -0.25) is 9.89 Å². The number of hydrogen-bond donors (Lipinski definition) is 2. The SMILES string of the molecule is O=C(N/N=C\c1c(Cl)cccc1Cl)c1cc(-c2ccccc2Cl)n[nH]1. The van der Waals surface area contributed by atoms with E-state index >= 15 is 0 Å². The highest BCUT2D eigenvalue weighted by Gasteiger charge is 2.12. The zero-order valence-corrected chi connectivity index (χ0v) is 14.9. The first kappa shape index (κ1) is 17.5. The molecule has 0 fully saturated rings. The van der Waals surface area contributed by atoms with Gasteiger partial charge >= 0.3 is 0 Å². The van der Waals surface area contributed by atoms with Crippen LogP contribution in [0.25, 0.3) is 11.3 Å². The van der Waals surface area contributed by atoms with Crippen molar-refractivity contribution in [3.05, 3.63) is 74.9 Å². The topological polar surface area (TPSA) is 70.1 Å². The van der Waals surface area contributed by atoms with Crippen molar-refractivity contribution in [1.82, 2.24) is 15.6 Å². The summed E-state index contributed by atoms with van der Waals surface area (Å²) in [7, 11) is 0. The minimum atomic E-state index is -0.453. The molecule has 0 unspecified atom stereocenters. The summed E-state index contributed by atoms with van der Waals surface area (Å²) in [6.45, 7) is 0. The van der Waals surface area contributed by atoms with E-state index in [1.54, 1.807) is 30.3 Å². The van der Waals surface area contributed by atoms with Crippen molar-refractivity contribution in [3.63, 3.8) is 0 Å². The van der Waals surface area contributed by atoms with Gasteiger partial charge in [-0.1, -0.05) is 59.1 Å². The van der Waals surface area contributed by atoms with Crippen molar-refractivity contribution in [2.45, 2.75) is 0 Å². The van der Waals surface area contributed by atoms with Crippen LogP contribution in [0.5, 0.6) is 0 Å². The zero-order valence-electron chi connectivity index (χ0n) is 12.6. The predicted octanol–water partition coefficient (Wildman–Crippen LogP) is 4.80. The Bertz CT molecular complexity index is 932. The van der Waals surface area contributed by atoms with E-state index in [-0.39, 0.29) is 5.69 Å².